The van der Waals surface area contributed by atoms with E-state index in [1.54, 1.807) is 36.4 Å². The Morgan fingerprint density at radius 3 is 2.46 bits per heavy atom. The number of nitrogens with two attached hydrogens (primary N) is 1. The van der Waals surface area contributed by atoms with E-state index in [1.165, 1.54) is 0 Å². The van der Waals surface area contributed by atoms with E-state index < -0.39 is 0 Å². The van der Waals surface area contributed by atoms with E-state index in [2.05, 4.69) is 20.2 Å². The fraction of sp³-hybridized carbons (Fsp3) is 0.125. The van der Waals surface area contributed by atoms with Gasteiger partial charge in [0.2, 0.25) is 0 Å². The molecular weight excluding hydrogens is 330 g/mol. The van der Waals surface area contributed by atoms with Crippen LogP contribution in [0.2, 0.25) is 5.02 Å². The largest absolute Gasteiger partial charge is 0.470 e. The molecule has 1 aliphatic heterocycles. The molecule has 3 aromatic rings. The quantitative estimate of drug-likeness (QED) is 0.560. The summed E-state index contributed by atoms with van der Waals surface area (Å²) in [6.45, 7) is 0.932. The van der Waals surface area contributed by atoms with Crippen molar-refractivity contribution in [1.82, 2.24) is 9.97 Å². The molecule has 0 aliphatic carbocycles. The summed E-state index contributed by atoms with van der Waals surface area (Å²) in [5, 5.41) is 8.88. The summed E-state index contributed by atoms with van der Waals surface area (Å²) in [6.07, 6.45) is 0. The molecule has 2 N–H and O–H groups in total. The molecule has 1 aliphatic rings. The highest BCUT2D eigenvalue weighted by atomic mass is 35.5. The van der Waals surface area contributed by atoms with Crippen molar-refractivity contribution in [3.05, 3.63) is 41.4 Å². The van der Waals surface area contributed by atoms with Crippen molar-refractivity contribution >= 4 is 39.7 Å². The fourth-order valence-electron chi connectivity index (χ4n) is 2.25. The molecule has 120 valence electrons. The van der Waals surface area contributed by atoms with Gasteiger partial charge in [0.1, 0.15) is 18.9 Å². The molecule has 0 atom stereocenters. The monoisotopic (exact) mass is 341 g/mol. The topological polar surface area (TPSA) is 95.0 Å². The third kappa shape index (κ3) is 2.81. The maximum atomic E-state index is 5.94. The fourth-order valence-corrected chi connectivity index (χ4v) is 2.42. The van der Waals surface area contributed by atoms with Crippen molar-refractivity contribution in [2.75, 3.05) is 18.9 Å². The Morgan fingerprint density at radius 2 is 1.67 bits per heavy atom. The molecule has 0 fully saturated rings. The van der Waals surface area contributed by atoms with Crippen molar-refractivity contribution in [3.63, 3.8) is 0 Å². The first kappa shape index (κ1) is 14.6. The average Bonchev–Trinajstić information content (AvgIpc) is 2.60. The van der Waals surface area contributed by atoms with Crippen molar-refractivity contribution in [2.45, 2.75) is 0 Å². The molecule has 24 heavy (non-hydrogen) atoms. The maximum absolute atomic E-state index is 5.94. The number of ether oxygens (including phenoxy) is 2. The number of hydrogen-bond acceptors (Lipinski definition) is 7. The number of nitrogens with zero attached hydrogens (tertiary/aromatic N) is 4. The van der Waals surface area contributed by atoms with Gasteiger partial charge in [-0.1, -0.05) is 11.6 Å². The van der Waals surface area contributed by atoms with E-state index in [9.17, 15) is 0 Å². The second-order valence-corrected chi connectivity index (χ2v) is 5.54. The number of benzene rings is 2. The van der Waals surface area contributed by atoms with Crippen LogP contribution in [0.25, 0.3) is 11.0 Å². The lowest BCUT2D eigenvalue weighted by Gasteiger charge is -2.16. The maximum Gasteiger partial charge on any atom is 0.278 e. The van der Waals surface area contributed by atoms with E-state index in [0.29, 0.717) is 58.1 Å². The Labute approximate surface area is 142 Å². The van der Waals surface area contributed by atoms with Gasteiger partial charge in [-0.2, -0.15) is 5.11 Å². The van der Waals surface area contributed by atoms with Gasteiger partial charge in [0, 0.05) is 5.02 Å². The Hall–Kier alpha value is -2.93. The molecule has 0 saturated carbocycles. The molecule has 0 radical (unpaired) electrons. The van der Waals surface area contributed by atoms with Crippen molar-refractivity contribution < 1.29 is 9.47 Å². The van der Waals surface area contributed by atoms with Crippen LogP contribution in [0.3, 0.4) is 0 Å². The van der Waals surface area contributed by atoms with Gasteiger partial charge in [-0.05, 0) is 36.4 Å². The van der Waals surface area contributed by atoms with E-state index in [-0.39, 0.29) is 0 Å². The number of fused-ring (bicyclic) bond motifs is 2. The van der Waals surface area contributed by atoms with Crippen LogP contribution in [0.15, 0.2) is 46.6 Å². The molecule has 0 bridgehead atoms. The highest BCUT2D eigenvalue weighted by Gasteiger charge is 2.16. The summed E-state index contributed by atoms with van der Waals surface area (Å²) < 4.78 is 10.9. The highest BCUT2D eigenvalue weighted by Crippen LogP contribution is 2.31. The third-order valence-corrected chi connectivity index (χ3v) is 3.65. The second kappa shape index (κ2) is 5.93. The summed E-state index contributed by atoms with van der Waals surface area (Å²) in [5.74, 6) is 0.803. The molecule has 2 aromatic carbocycles. The van der Waals surface area contributed by atoms with Crippen molar-refractivity contribution in [3.8, 4) is 11.8 Å². The van der Waals surface area contributed by atoms with Gasteiger partial charge in [0.05, 0.1) is 22.4 Å². The Morgan fingerprint density at radius 1 is 0.917 bits per heavy atom. The summed E-state index contributed by atoms with van der Waals surface area (Å²) in [5.41, 5.74) is 8.83. The molecular formula is C16H12ClN5O2. The van der Waals surface area contributed by atoms with Crippen molar-refractivity contribution in [2.24, 2.45) is 10.2 Å². The number of aromatic nitrogens is 2. The van der Waals surface area contributed by atoms with E-state index in [1.807, 2.05) is 0 Å². The standard InChI is InChI=1S/C16H12ClN5O2/c17-9-1-3-11(18)13(7-9)22-21-10-2-4-12-14(8-10)20-16-15(19-12)23-5-6-24-16/h1-4,7-8H,5-6,18H2. The van der Waals surface area contributed by atoms with Crippen LogP contribution in [-0.4, -0.2) is 23.2 Å². The van der Waals surface area contributed by atoms with Crippen LogP contribution in [-0.2, 0) is 0 Å². The second-order valence-electron chi connectivity index (χ2n) is 5.11. The number of hydrogen-bond donors (Lipinski definition) is 1. The van der Waals surface area contributed by atoms with Gasteiger partial charge in [0.15, 0.2) is 0 Å². The van der Waals surface area contributed by atoms with Gasteiger partial charge < -0.3 is 15.2 Å². The number of halogens is 1. The third-order valence-electron chi connectivity index (χ3n) is 3.41. The van der Waals surface area contributed by atoms with E-state index >= 15 is 0 Å². The van der Waals surface area contributed by atoms with Crippen LogP contribution < -0.4 is 15.2 Å². The number of azo groups is 1. The summed E-state index contributed by atoms with van der Waals surface area (Å²) in [6, 6.07) is 10.4. The summed E-state index contributed by atoms with van der Waals surface area (Å²) in [4.78, 5) is 8.79. The first-order valence-electron chi connectivity index (χ1n) is 7.23. The zero-order valence-electron chi connectivity index (χ0n) is 12.4. The number of nitrogen functional groups attached to an aromatic ring is 1. The molecule has 1 aromatic heterocycles. The highest BCUT2D eigenvalue weighted by molar-refractivity contribution is 6.31. The molecule has 7 nitrogen and oxygen atoms in total. The van der Waals surface area contributed by atoms with Crippen LogP contribution in [0.5, 0.6) is 11.8 Å². The first-order valence-corrected chi connectivity index (χ1v) is 7.61. The van der Waals surface area contributed by atoms with E-state index in [4.69, 9.17) is 26.8 Å². The van der Waals surface area contributed by atoms with Gasteiger partial charge >= 0.3 is 0 Å². The Kier molecular flexibility index (Phi) is 3.62. The predicted octanol–water partition coefficient (Wildman–Crippen LogP) is 4.05. The lowest BCUT2D eigenvalue weighted by Crippen LogP contribution is -2.17. The number of rotatable bonds is 2. The SMILES string of the molecule is Nc1ccc(Cl)cc1N=Nc1ccc2nc3c(nc2c1)OCCO3. The zero-order chi connectivity index (χ0) is 16.5. The van der Waals surface area contributed by atoms with Gasteiger partial charge in [0.25, 0.3) is 11.8 Å². The lowest BCUT2D eigenvalue weighted by molar-refractivity contribution is 0.158. The first-order chi connectivity index (χ1) is 11.7. The van der Waals surface area contributed by atoms with Crippen LogP contribution >= 0.6 is 11.6 Å². The molecule has 0 unspecified atom stereocenters. The Balaban J connectivity index is 1.69. The van der Waals surface area contributed by atoms with Gasteiger partial charge in [-0.25, -0.2) is 9.97 Å². The summed E-state index contributed by atoms with van der Waals surface area (Å²) >= 11 is 5.94. The predicted molar refractivity (Wildman–Crippen MR) is 90.6 cm³/mol. The van der Waals surface area contributed by atoms with Crippen LogP contribution in [0, 0.1) is 0 Å². The lowest BCUT2D eigenvalue weighted by atomic mass is 10.2. The van der Waals surface area contributed by atoms with Gasteiger partial charge in [-0.3, -0.25) is 0 Å². The van der Waals surface area contributed by atoms with Crippen molar-refractivity contribution in [1.29, 1.82) is 0 Å². The molecule has 0 saturated heterocycles. The van der Waals surface area contributed by atoms with Crippen LogP contribution in [0.4, 0.5) is 17.1 Å². The minimum absolute atomic E-state index is 0.391. The minimum atomic E-state index is 0.391. The minimum Gasteiger partial charge on any atom is -0.470 e. The smallest absolute Gasteiger partial charge is 0.278 e. The normalized spacial score (nSPS) is 13.5. The van der Waals surface area contributed by atoms with Gasteiger partial charge in [-0.15, -0.1) is 5.11 Å². The molecule has 0 spiro atoms. The molecule has 2 heterocycles. The van der Waals surface area contributed by atoms with E-state index in [0.717, 1.165) is 0 Å². The molecule has 8 heteroatoms. The molecule has 0 amide bonds. The zero-order valence-corrected chi connectivity index (χ0v) is 13.2. The number of anilines is 1. The average molecular weight is 342 g/mol. The Bertz CT molecular complexity index is 961. The summed E-state index contributed by atoms with van der Waals surface area (Å²) in [7, 11) is 0. The van der Waals surface area contributed by atoms with Crippen LogP contribution in [0.1, 0.15) is 0 Å². The molecule has 4 rings (SSSR count).